The molecule has 0 spiro atoms. The molecule has 3 aromatic rings. The van der Waals surface area contributed by atoms with Crippen LogP contribution in [0.25, 0.3) is 5.69 Å². The second kappa shape index (κ2) is 6.50. The van der Waals surface area contributed by atoms with E-state index in [-0.39, 0.29) is 5.91 Å². The maximum absolute atomic E-state index is 12.6. The van der Waals surface area contributed by atoms with Gasteiger partial charge in [0, 0.05) is 23.6 Å². The highest BCUT2D eigenvalue weighted by Gasteiger charge is 2.14. The lowest BCUT2D eigenvalue weighted by Gasteiger charge is -2.10. The van der Waals surface area contributed by atoms with Crippen molar-refractivity contribution in [1.82, 2.24) is 9.55 Å². The number of ether oxygens (including phenoxy) is 1. The van der Waals surface area contributed by atoms with Crippen LogP contribution >= 0.6 is 12.2 Å². The average Bonchev–Trinajstić information content (AvgIpc) is 2.97. The zero-order chi connectivity index (χ0) is 16.2. The molecule has 6 heteroatoms. The summed E-state index contributed by atoms with van der Waals surface area (Å²) in [6.07, 6.45) is 1.60. The van der Waals surface area contributed by atoms with E-state index in [2.05, 4.69) is 10.3 Å². The lowest BCUT2D eigenvalue weighted by molar-refractivity contribution is 0.102. The number of hydrogen-bond acceptors (Lipinski definition) is 3. The van der Waals surface area contributed by atoms with Crippen molar-refractivity contribution in [1.29, 1.82) is 0 Å². The normalized spacial score (nSPS) is 10.3. The molecule has 5 nitrogen and oxygen atoms in total. The zero-order valence-corrected chi connectivity index (χ0v) is 13.3. The number of benzene rings is 2. The van der Waals surface area contributed by atoms with Gasteiger partial charge in [0.05, 0.1) is 7.11 Å². The van der Waals surface area contributed by atoms with Crippen LogP contribution in [0, 0.1) is 4.77 Å². The van der Waals surface area contributed by atoms with Crippen LogP contribution in [0.4, 0.5) is 5.69 Å². The van der Waals surface area contributed by atoms with Crippen molar-refractivity contribution < 1.29 is 9.53 Å². The van der Waals surface area contributed by atoms with Gasteiger partial charge in [0.25, 0.3) is 5.91 Å². The summed E-state index contributed by atoms with van der Waals surface area (Å²) in [7, 11) is 1.58. The molecule has 0 saturated carbocycles. The molecular formula is C17H15N3O2S. The first kappa shape index (κ1) is 15.1. The van der Waals surface area contributed by atoms with Crippen LogP contribution in [-0.4, -0.2) is 22.6 Å². The van der Waals surface area contributed by atoms with Crippen molar-refractivity contribution in [3.8, 4) is 11.4 Å². The van der Waals surface area contributed by atoms with Crippen molar-refractivity contribution in [2.75, 3.05) is 12.4 Å². The summed E-state index contributed by atoms with van der Waals surface area (Å²) in [5.74, 6) is 0.422. The van der Waals surface area contributed by atoms with E-state index in [9.17, 15) is 4.79 Å². The standard InChI is InChI=1S/C17H15N3O2S/c1-22-14-9-5-6-12(10-14)19-16(21)15-11-18-17(23)20(15)13-7-3-2-4-8-13/h2-11H,1H3,(H,18,23)(H,19,21). The molecule has 0 aliphatic rings. The quantitative estimate of drug-likeness (QED) is 0.717. The van der Waals surface area contributed by atoms with Crippen LogP contribution in [0.3, 0.4) is 0 Å². The van der Waals surface area contributed by atoms with E-state index in [1.807, 2.05) is 42.5 Å². The van der Waals surface area contributed by atoms with Crippen LogP contribution in [0.1, 0.15) is 10.5 Å². The predicted octanol–water partition coefficient (Wildman–Crippen LogP) is 3.80. The Morgan fingerprint density at radius 3 is 2.70 bits per heavy atom. The summed E-state index contributed by atoms with van der Waals surface area (Å²) < 4.78 is 7.32. The lowest BCUT2D eigenvalue weighted by atomic mass is 10.2. The van der Waals surface area contributed by atoms with E-state index in [4.69, 9.17) is 17.0 Å². The molecule has 2 aromatic carbocycles. The summed E-state index contributed by atoms with van der Waals surface area (Å²) in [6, 6.07) is 16.7. The minimum atomic E-state index is -0.255. The molecule has 0 fully saturated rings. The molecule has 1 amide bonds. The number of nitrogens with zero attached hydrogens (tertiary/aromatic N) is 1. The fourth-order valence-corrected chi connectivity index (χ4v) is 2.53. The summed E-state index contributed by atoms with van der Waals surface area (Å²) >= 11 is 5.29. The number of nitrogens with one attached hydrogen (secondary N) is 2. The Morgan fingerprint density at radius 2 is 1.96 bits per heavy atom. The molecule has 0 unspecified atom stereocenters. The smallest absolute Gasteiger partial charge is 0.274 e. The van der Waals surface area contributed by atoms with Crippen molar-refractivity contribution >= 4 is 23.8 Å². The molecule has 0 aliphatic heterocycles. The molecule has 0 saturated heterocycles. The van der Waals surface area contributed by atoms with Gasteiger partial charge in [0.2, 0.25) is 0 Å². The van der Waals surface area contributed by atoms with Gasteiger partial charge in [-0.05, 0) is 36.5 Å². The average molecular weight is 325 g/mol. The van der Waals surface area contributed by atoms with Crippen LogP contribution in [0.15, 0.2) is 60.8 Å². The fourth-order valence-electron chi connectivity index (χ4n) is 2.27. The number of aromatic nitrogens is 2. The van der Waals surface area contributed by atoms with E-state index in [1.54, 1.807) is 30.0 Å². The molecule has 2 N–H and O–H groups in total. The zero-order valence-electron chi connectivity index (χ0n) is 12.4. The van der Waals surface area contributed by atoms with Crippen LogP contribution in [0.5, 0.6) is 5.75 Å². The first-order valence-corrected chi connectivity index (χ1v) is 7.41. The van der Waals surface area contributed by atoms with Crippen molar-refractivity contribution in [2.45, 2.75) is 0 Å². The van der Waals surface area contributed by atoms with E-state index >= 15 is 0 Å². The lowest BCUT2D eigenvalue weighted by Crippen LogP contribution is -2.16. The molecule has 0 bridgehead atoms. The summed E-state index contributed by atoms with van der Waals surface area (Å²) in [4.78, 5) is 15.5. The van der Waals surface area contributed by atoms with Gasteiger partial charge in [0.15, 0.2) is 4.77 Å². The summed E-state index contributed by atoms with van der Waals surface area (Å²) in [5, 5.41) is 2.85. The van der Waals surface area contributed by atoms with Crippen LogP contribution < -0.4 is 10.1 Å². The van der Waals surface area contributed by atoms with Gasteiger partial charge in [-0.15, -0.1) is 0 Å². The first-order valence-electron chi connectivity index (χ1n) is 7.00. The topological polar surface area (TPSA) is 59.0 Å². The monoisotopic (exact) mass is 325 g/mol. The molecule has 3 rings (SSSR count). The molecule has 0 radical (unpaired) electrons. The molecule has 23 heavy (non-hydrogen) atoms. The third-order valence-corrected chi connectivity index (χ3v) is 3.65. The largest absolute Gasteiger partial charge is 0.497 e. The maximum Gasteiger partial charge on any atom is 0.274 e. The van der Waals surface area contributed by atoms with Crippen molar-refractivity contribution in [2.24, 2.45) is 0 Å². The maximum atomic E-state index is 12.6. The molecular weight excluding hydrogens is 310 g/mol. The minimum absolute atomic E-state index is 0.255. The summed E-state index contributed by atoms with van der Waals surface area (Å²) in [5.41, 5.74) is 1.92. The number of carbonyl (C=O) groups excluding carboxylic acids is 1. The number of hydrogen-bond donors (Lipinski definition) is 2. The molecule has 0 atom stereocenters. The first-order chi connectivity index (χ1) is 11.2. The highest BCUT2D eigenvalue weighted by Crippen LogP contribution is 2.19. The Morgan fingerprint density at radius 1 is 1.17 bits per heavy atom. The number of anilines is 1. The molecule has 1 heterocycles. The Balaban J connectivity index is 1.93. The number of aromatic amines is 1. The van der Waals surface area contributed by atoms with Gasteiger partial charge in [0.1, 0.15) is 11.4 Å². The number of carbonyl (C=O) groups is 1. The molecule has 0 aliphatic carbocycles. The van der Waals surface area contributed by atoms with Gasteiger partial charge in [-0.3, -0.25) is 9.36 Å². The van der Waals surface area contributed by atoms with Gasteiger partial charge in [-0.25, -0.2) is 0 Å². The number of imidazole rings is 1. The highest BCUT2D eigenvalue weighted by molar-refractivity contribution is 7.71. The fraction of sp³-hybridized carbons (Fsp3) is 0.0588. The third-order valence-electron chi connectivity index (χ3n) is 3.35. The van der Waals surface area contributed by atoms with Gasteiger partial charge in [-0.2, -0.15) is 0 Å². The Labute approximate surface area is 138 Å². The minimum Gasteiger partial charge on any atom is -0.497 e. The number of amides is 1. The summed E-state index contributed by atoms with van der Waals surface area (Å²) in [6.45, 7) is 0. The Kier molecular flexibility index (Phi) is 4.25. The number of para-hydroxylation sites is 1. The Bertz CT molecular complexity index is 884. The second-order valence-corrected chi connectivity index (χ2v) is 5.22. The van der Waals surface area contributed by atoms with Crippen molar-refractivity contribution in [3.63, 3.8) is 0 Å². The van der Waals surface area contributed by atoms with Crippen molar-refractivity contribution in [3.05, 3.63) is 71.3 Å². The van der Waals surface area contributed by atoms with E-state index in [1.165, 1.54) is 0 Å². The second-order valence-electron chi connectivity index (χ2n) is 4.84. The third kappa shape index (κ3) is 3.17. The van der Waals surface area contributed by atoms with E-state index in [0.717, 1.165) is 5.69 Å². The number of methoxy groups -OCH3 is 1. The molecule has 1 aromatic heterocycles. The van der Waals surface area contributed by atoms with E-state index in [0.29, 0.717) is 21.9 Å². The number of H-pyrrole nitrogens is 1. The predicted molar refractivity (Wildman–Crippen MR) is 91.9 cm³/mol. The van der Waals surface area contributed by atoms with Gasteiger partial charge in [-0.1, -0.05) is 24.3 Å². The van der Waals surface area contributed by atoms with Gasteiger partial charge < -0.3 is 15.0 Å². The SMILES string of the molecule is COc1cccc(NC(=O)c2c[nH]c(=S)n2-c2ccccc2)c1. The number of rotatable bonds is 4. The highest BCUT2D eigenvalue weighted by atomic mass is 32.1. The van der Waals surface area contributed by atoms with Gasteiger partial charge >= 0.3 is 0 Å². The Hall–Kier alpha value is -2.86. The van der Waals surface area contributed by atoms with E-state index < -0.39 is 0 Å². The molecule has 116 valence electrons. The van der Waals surface area contributed by atoms with Crippen LogP contribution in [0.2, 0.25) is 0 Å². The van der Waals surface area contributed by atoms with Crippen LogP contribution in [-0.2, 0) is 0 Å².